The Kier molecular flexibility index (Phi) is 4.62. The first kappa shape index (κ1) is 19.5. The van der Waals surface area contributed by atoms with E-state index in [1.54, 1.807) is 13.8 Å². The van der Waals surface area contributed by atoms with E-state index in [0.717, 1.165) is 17.2 Å². The average Bonchev–Trinajstić information content (AvgIpc) is 3.15. The molecule has 28 heavy (non-hydrogen) atoms. The van der Waals surface area contributed by atoms with Crippen molar-refractivity contribution in [1.29, 1.82) is 0 Å². The number of hydrogen-bond acceptors (Lipinski definition) is 9. The number of rotatable bonds is 4. The molecule has 2 fully saturated rings. The van der Waals surface area contributed by atoms with E-state index in [-0.39, 0.29) is 17.0 Å². The van der Waals surface area contributed by atoms with Gasteiger partial charge in [0, 0.05) is 0 Å². The third-order valence-corrected chi connectivity index (χ3v) is 6.06. The zero-order valence-corrected chi connectivity index (χ0v) is 15.6. The van der Waals surface area contributed by atoms with Crippen molar-refractivity contribution >= 4 is 24.8 Å². The van der Waals surface area contributed by atoms with Crippen molar-refractivity contribution in [2.45, 2.75) is 50.5 Å². The molecule has 10 nitrogen and oxygen atoms in total. The number of ether oxygens (including phenoxy) is 1. The van der Waals surface area contributed by atoms with E-state index in [0.29, 0.717) is 0 Å². The van der Waals surface area contributed by atoms with Gasteiger partial charge in [0.15, 0.2) is 29.5 Å². The summed E-state index contributed by atoms with van der Waals surface area (Å²) in [7, 11) is -4.24. The monoisotopic (exact) mass is 423 g/mol. The van der Waals surface area contributed by atoms with Crippen molar-refractivity contribution < 1.29 is 36.0 Å². The smallest absolute Gasteiger partial charge is 0.382 e. The molecule has 0 amide bonds. The normalized spacial score (nSPS) is 35.8. The fourth-order valence-corrected chi connectivity index (χ4v) is 4.83. The van der Waals surface area contributed by atoms with Crippen LogP contribution in [-0.4, -0.2) is 56.5 Å². The molecule has 5 unspecified atom stereocenters. The van der Waals surface area contributed by atoms with Gasteiger partial charge in [0.1, 0.15) is 17.9 Å². The van der Waals surface area contributed by atoms with E-state index >= 15 is 4.39 Å². The molecule has 0 spiro atoms. The van der Waals surface area contributed by atoms with Crippen LogP contribution < -0.4 is 5.73 Å². The van der Waals surface area contributed by atoms with Gasteiger partial charge in [-0.2, -0.15) is 0 Å². The third kappa shape index (κ3) is 2.89. The van der Waals surface area contributed by atoms with Gasteiger partial charge in [0.05, 0.1) is 19.0 Å². The molecule has 0 aromatic carbocycles. The van der Waals surface area contributed by atoms with E-state index in [4.69, 9.17) is 24.0 Å². The topological polar surface area (TPSA) is 124 Å². The second kappa shape index (κ2) is 6.63. The second-order valence-electron chi connectivity index (χ2n) is 6.69. The van der Waals surface area contributed by atoms with E-state index in [2.05, 4.69) is 15.0 Å². The minimum Gasteiger partial charge on any atom is -0.382 e. The van der Waals surface area contributed by atoms with Crippen molar-refractivity contribution in [2.75, 3.05) is 12.3 Å². The Hall–Kier alpha value is -1.79. The number of nitrogens with zero attached hydrogens (tertiary/aromatic N) is 4. The summed E-state index contributed by atoms with van der Waals surface area (Å²) in [5.74, 6) is 0.0348. The number of nitrogens with two attached hydrogens (primary N) is 1. The number of imidazole rings is 1. The van der Waals surface area contributed by atoms with Crippen LogP contribution in [0.2, 0.25) is 0 Å². The molecule has 2 saturated heterocycles. The maximum Gasteiger partial charge on any atom is 0.475 e. The number of halogens is 3. The first-order chi connectivity index (χ1) is 13.2. The van der Waals surface area contributed by atoms with Crippen molar-refractivity contribution in [3.8, 4) is 0 Å². The van der Waals surface area contributed by atoms with E-state index in [1.807, 2.05) is 0 Å². The summed E-state index contributed by atoms with van der Waals surface area (Å²) in [4.78, 5) is 11.7. The number of aromatic nitrogens is 4. The molecule has 0 aliphatic carbocycles. The maximum absolute atomic E-state index is 15.3. The van der Waals surface area contributed by atoms with Crippen LogP contribution in [0.3, 0.4) is 0 Å². The molecule has 0 saturated carbocycles. The number of nitrogen functional groups attached to an aromatic ring is 1. The molecule has 2 aliphatic heterocycles. The first-order valence-corrected chi connectivity index (χ1v) is 9.77. The SMILES string of the molecule is CC(C)OP1(=O)OCC2(C(F)F)OC(n3cnc4c(N)ncnc43)C(F)C2O1. The van der Waals surface area contributed by atoms with Crippen LogP contribution in [0, 0.1) is 0 Å². The molecule has 154 valence electrons. The fraction of sp³-hybridized carbons (Fsp3) is 0.643. The highest BCUT2D eigenvalue weighted by molar-refractivity contribution is 7.48. The molecule has 4 heterocycles. The molecular weight excluding hydrogens is 406 g/mol. The van der Waals surface area contributed by atoms with E-state index < -0.39 is 51.1 Å². The van der Waals surface area contributed by atoms with E-state index in [1.165, 1.54) is 0 Å². The summed E-state index contributed by atoms with van der Waals surface area (Å²) < 4.78 is 77.2. The van der Waals surface area contributed by atoms with Gasteiger partial charge in [-0.1, -0.05) is 0 Å². The molecule has 0 bridgehead atoms. The third-order valence-electron chi connectivity index (χ3n) is 4.44. The molecule has 14 heteroatoms. The van der Waals surface area contributed by atoms with Crippen LogP contribution in [0.1, 0.15) is 20.1 Å². The van der Waals surface area contributed by atoms with Crippen molar-refractivity contribution in [1.82, 2.24) is 19.5 Å². The lowest BCUT2D eigenvalue weighted by Gasteiger charge is -2.39. The van der Waals surface area contributed by atoms with Gasteiger partial charge in [-0.3, -0.25) is 18.1 Å². The van der Waals surface area contributed by atoms with Crippen LogP contribution in [0.4, 0.5) is 19.0 Å². The highest BCUT2D eigenvalue weighted by Crippen LogP contribution is 2.61. The zero-order chi connectivity index (χ0) is 20.3. The fourth-order valence-electron chi connectivity index (χ4n) is 3.21. The minimum atomic E-state index is -4.24. The summed E-state index contributed by atoms with van der Waals surface area (Å²) in [6, 6.07) is 0. The lowest BCUT2D eigenvalue weighted by molar-refractivity contribution is -0.208. The van der Waals surface area contributed by atoms with Crippen molar-refractivity contribution in [2.24, 2.45) is 0 Å². The van der Waals surface area contributed by atoms with Gasteiger partial charge in [0.2, 0.25) is 0 Å². The predicted molar refractivity (Wildman–Crippen MR) is 88.1 cm³/mol. The molecule has 2 aliphatic rings. The second-order valence-corrected chi connectivity index (χ2v) is 8.27. The van der Waals surface area contributed by atoms with Crippen LogP contribution in [0.5, 0.6) is 0 Å². The van der Waals surface area contributed by atoms with E-state index in [9.17, 15) is 13.3 Å². The summed E-state index contributed by atoms with van der Waals surface area (Å²) in [6.07, 6.45) is -7.15. The standard InChI is InChI=1S/C14H17F3N5O5P/c1-6(2)26-28(23)24-3-14(13(16)17)9(27-28)7(15)12(25-14)22-5-21-8-10(18)19-4-20-11(8)22/h4-7,9,12-13H,3H2,1-2H3,(H2,18,19,20). The maximum atomic E-state index is 15.3. The molecule has 2 aromatic heterocycles. The Balaban J connectivity index is 1.73. The Morgan fingerprint density at radius 2 is 2.14 bits per heavy atom. The van der Waals surface area contributed by atoms with Crippen LogP contribution in [0.25, 0.3) is 11.2 Å². The molecule has 0 radical (unpaired) electrons. The van der Waals surface area contributed by atoms with Gasteiger partial charge in [-0.05, 0) is 13.8 Å². The molecule has 5 atom stereocenters. The molecule has 4 rings (SSSR count). The lowest BCUT2D eigenvalue weighted by Crippen LogP contribution is -2.55. The van der Waals surface area contributed by atoms with Crippen LogP contribution in [0.15, 0.2) is 12.7 Å². The van der Waals surface area contributed by atoms with Gasteiger partial charge >= 0.3 is 7.82 Å². The number of hydrogen-bond donors (Lipinski definition) is 1. The van der Waals surface area contributed by atoms with Crippen LogP contribution >= 0.6 is 7.82 Å². The van der Waals surface area contributed by atoms with Gasteiger partial charge in [0.25, 0.3) is 6.43 Å². The van der Waals surface area contributed by atoms with Crippen molar-refractivity contribution in [3.63, 3.8) is 0 Å². The number of fused-ring (bicyclic) bond motifs is 2. The Morgan fingerprint density at radius 3 is 2.82 bits per heavy atom. The average molecular weight is 423 g/mol. The Labute approximate surface area is 156 Å². The number of phosphoric acid groups is 1. The van der Waals surface area contributed by atoms with Gasteiger partial charge in [-0.25, -0.2) is 32.7 Å². The van der Waals surface area contributed by atoms with Gasteiger partial charge in [-0.15, -0.1) is 0 Å². The number of alkyl halides is 3. The quantitative estimate of drug-likeness (QED) is 0.737. The lowest BCUT2D eigenvalue weighted by atomic mass is 9.97. The highest BCUT2D eigenvalue weighted by Gasteiger charge is 2.68. The predicted octanol–water partition coefficient (Wildman–Crippen LogP) is 2.23. The van der Waals surface area contributed by atoms with Gasteiger partial charge < -0.3 is 10.5 Å². The Bertz CT molecular complexity index is 945. The molecule has 2 N–H and O–H groups in total. The summed E-state index contributed by atoms with van der Waals surface area (Å²) >= 11 is 0. The van der Waals surface area contributed by atoms with Crippen LogP contribution in [-0.2, 0) is 22.9 Å². The summed E-state index contributed by atoms with van der Waals surface area (Å²) in [6.45, 7) is 2.22. The van der Waals surface area contributed by atoms with Crippen molar-refractivity contribution in [3.05, 3.63) is 12.7 Å². The Morgan fingerprint density at radius 1 is 1.39 bits per heavy atom. The summed E-state index contributed by atoms with van der Waals surface area (Å²) in [5.41, 5.74) is 3.46. The highest BCUT2D eigenvalue weighted by atomic mass is 31.2. The number of anilines is 1. The first-order valence-electron chi connectivity index (χ1n) is 8.31. The minimum absolute atomic E-state index is 0.0348. The largest absolute Gasteiger partial charge is 0.475 e. The molecule has 2 aromatic rings. The zero-order valence-electron chi connectivity index (χ0n) is 14.7. The summed E-state index contributed by atoms with van der Waals surface area (Å²) in [5, 5.41) is 0. The number of phosphoric ester groups is 1. The molecular formula is C14H17F3N5O5P.